The van der Waals surface area contributed by atoms with Crippen molar-refractivity contribution in [3.63, 3.8) is 0 Å². The first-order valence-electron chi connectivity index (χ1n) is 6.27. The van der Waals surface area contributed by atoms with Gasteiger partial charge in [0.15, 0.2) is 5.82 Å². The second kappa shape index (κ2) is 5.81. The van der Waals surface area contributed by atoms with Crippen molar-refractivity contribution in [1.82, 2.24) is 10.2 Å². The largest absolute Gasteiger partial charge is 0.481 e. The predicted octanol–water partition coefficient (Wildman–Crippen LogP) is 3.57. The number of carbonyl (C=O) groups is 1. The molecule has 21 heavy (non-hydrogen) atoms. The molecule has 7 heteroatoms. The van der Waals surface area contributed by atoms with Gasteiger partial charge in [-0.15, -0.1) is 10.2 Å². The first kappa shape index (κ1) is 15.4. The van der Waals surface area contributed by atoms with Gasteiger partial charge in [0, 0.05) is 6.42 Å². The summed E-state index contributed by atoms with van der Waals surface area (Å²) in [7, 11) is 0. The molecule has 0 unspecified atom stereocenters. The fourth-order valence-electron chi connectivity index (χ4n) is 1.98. The highest BCUT2D eigenvalue weighted by molar-refractivity contribution is 6.31. The third kappa shape index (κ3) is 3.78. The summed E-state index contributed by atoms with van der Waals surface area (Å²) in [5.74, 6) is -1.24. The van der Waals surface area contributed by atoms with Gasteiger partial charge in [-0.25, -0.2) is 4.39 Å². The van der Waals surface area contributed by atoms with Gasteiger partial charge in [-0.1, -0.05) is 31.5 Å². The number of aliphatic carboxylic acids is 1. The van der Waals surface area contributed by atoms with E-state index >= 15 is 0 Å². The Labute approximate surface area is 125 Å². The molecule has 0 amide bonds. The molecule has 0 fully saturated rings. The summed E-state index contributed by atoms with van der Waals surface area (Å²) in [6, 6.07) is 4.49. The van der Waals surface area contributed by atoms with Crippen LogP contribution in [0, 0.1) is 11.2 Å². The van der Waals surface area contributed by atoms with Gasteiger partial charge in [0.25, 0.3) is 5.89 Å². The quantitative estimate of drug-likeness (QED) is 0.913. The Bertz CT molecular complexity index is 670. The minimum atomic E-state index is -0.902. The second-order valence-corrected chi connectivity index (χ2v) is 5.92. The van der Waals surface area contributed by atoms with E-state index in [4.69, 9.17) is 21.1 Å². The Morgan fingerprint density at radius 2 is 2.14 bits per heavy atom. The monoisotopic (exact) mass is 312 g/mol. The highest BCUT2D eigenvalue weighted by Gasteiger charge is 2.25. The van der Waals surface area contributed by atoms with E-state index in [0.717, 1.165) is 0 Å². The van der Waals surface area contributed by atoms with Gasteiger partial charge in [-0.05, 0) is 17.5 Å². The average Bonchev–Trinajstić information content (AvgIpc) is 2.78. The Morgan fingerprint density at radius 1 is 1.43 bits per heavy atom. The number of hydrogen-bond acceptors (Lipinski definition) is 4. The molecule has 1 aromatic carbocycles. The maximum atomic E-state index is 13.9. The van der Waals surface area contributed by atoms with E-state index in [-0.39, 0.29) is 35.2 Å². The van der Waals surface area contributed by atoms with E-state index in [0.29, 0.717) is 0 Å². The van der Waals surface area contributed by atoms with Gasteiger partial charge in [0.2, 0.25) is 5.89 Å². The predicted molar refractivity (Wildman–Crippen MR) is 74.4 cm³/mol. The molecular weight excluding hydrogens is 299 g/mol. The lowest BCUT2D eigenvalue weighted by Gasteiger charge is -2.19. The van der Waals surface area contributed by atoms with E-state index in [9.17, 15) is 9.18 Å². The van der Waals surface area contributed by atoms with Crippen LogP contribution >= 0.6 is 11.6 Å². The van der Waals surface area contributed by atoms with Gasteiger partial charge in [0.05, 0.1) is 17.0 Å². The van der Waals surface area contributed by atoms with Crippen LogP contribution < -0.4 is 0 Å². The molecule has 0 bridgehead atoms. The molecule has 0 radical (unpaired) electrons. The molecule has 0 saturated carbocycles. The first-order valence-corrected chi connectivity index (χ1v) is 6.65. The summed E-state index contributed by atoms with van der Waals surface area (Å²) in [5.41, 5.74) is -0.417. The molecule has 1 heterocycles. The molecule has 0 saturated heterocycles. The van der Waals surface area contributed by atoms with E-state index in [1.54, 1.807) is 19.9 Å². The van der Waals surface area contributed by atoms with Crippen LogP contribution in [0.1, 0.15) is 26.2 Å². The van der Waals surface area contributed by atoms with Gasteiger partial charge in [-0.2, -0.15) is 0 Å². The zero-order chi connectivity index (χ0) is 15.6. The number of halogens is 2. The highest BCUT2D eigenvalue weighted by Crippen LogP contribution is 2.29. The topological polar surface area (TPSA) is 76.2 Å². The number of benzene rings is 1. The molecular formula is C14H14ClFN2O3. The van der Waals surface area contributed by atoms with Crippen LogP contribution in [0.2, 0.25) is 5.02 Å². The standard InChI is InChI=1S/C14H14ClFN2O3/c1-14(2,7-11(19)20)6-10-17-18-13(21-10)8-4-3-5-9(15)12(8)16/h3-5H,6-7H2,1-2H3,(H,19,20). The van der Waals surface area contributed by atoms with Gasteiger partial charge in [0.1, 0.15) is 0 Å². The van der Waals surface area contributed by atoms with Gasteiger partial charge in [-0.3, -0.25) is 4.79 Å². The van der Waals surface area contributed by atoms with Crippen molar-refractivity contribution in [2.75, 3.05) is 0 Å². The summed E-state index contributed by atoms with van der Waals surface area (Å²) >= 11 is 5.70. The van der Waals surface area contributed by atoms with Crippen molar-refractivity contribution in [2.45, 2.75) is 26.7 Å². The van der Waals surface area contributed by atoms with Crippen molar-refractivity contribution >= 4 is 17.6 Å². The number of carboxylic acid groups (broad SMARTS) is 1. The smallest absolute Gasteiger partial charge is 0.303 e. The van der Waals surface area contributed by atoms with Crippen LogP contribution in [0.25, 0.3) is 11.5 Å². The lowest BCUT2D eigenvalue weighted by Crippen LogP contribution is -2.19. The van der Waals surface area contributed by atoms with E-state index < -0.39 is 17.2 Å². The lowest BCUT2D eigenvalue weighted by atomic mass is 9.86. The number of hydrogen-bond donors (Lipinski definition) is 1. The summed E-state index contributed by atoms with van der Waals surface area (Å²) < 4.78 is 19.3. The summed E-state index contributed by atoms with van der Waals surface area (Å²) in [4.78, 5) is 10.8. The zero-order valence-corrected chi connectivity index (χ0v) is 12.3. The molecule has 0 aliphatic carbocycles. The van der Waals surface area contributed by atoms with Crippen LogP contribution in [-0.4, -0.2) is 21.3 Å². The summed E-state index contributed by atoms with van der Waals surface area (Å²) in [5, 5.41) is 16.4. The van der Waals surface area contributed by atoms with Crippen LogP contribution in [0.5, 0.6) is 0 Å². The van der Waals surface area contributed by atoms with Crippen molar-refractivity contribution in [2.24, 2.45) is 5.41 Å². The molecule has 2 rings (SSSR count). The number of nitrogens with zero attached hydrogens (tertiary/aromatic N) is 2. The minimum absolute atomic E-state index is 0.0242. The molecule has 1 N–H and O–H groups in total. The van der Waals surface area contributed by atoms with Crippen molar-refractivity contribution in [3.8, 4) is 11.5 Å². The number of carboxylic acids is 1. The van der Waals surface area contributed by atoms with E-state index in [2.05, 4.69) is 10.2 Å². The SMILES string of the molecule is CC(C)(CC(=O)O)Cc1nnc(-c2cccc(Cl)c2F)o1. The molecule has 5 nitrogen and oxygen atoms in total. The van der Waals surface area contributed by atoms with Crippen LogP contribution in [0.3, 0.4) is 0 Å². The Kier molecular flexibility index (Phi) is 4.27. The highest BCUT2D eigenvalue weighted by atomic mass is 35.5. The molecule has 2 aromatic rings. The Morgan fingerprint density at radius 3 is 2.81 bits per heavy atom. The average molecular weight is 313 g/mol. The number of aromatic nitrogens is 2. The minimum Gasteiger partial charge on any atom is -0.481 e. The third-order valence-corrected chi connectivity index (χ3v) is 3.20. The molecule has 112 valence electrons. The third-order valence-electron chi connectivity index (χ3n) is 2.91. The van der Waals surface area contributed by atoms with Crippen molar-refractivity contribution in [3.05, 3.63) is 34.9 Å². The summed E-state index contributed by atoms with van der Waals surface area (Å²) in [6.45, 7) is 3.57. The first-order chi connectivity index (χ1) is 9.78. The van der Waals surface area contributed by atoms with Crippen LogP contribution in [-0.2, 0) is 11.2 Å². The van der Waals surface area contributed by atoms with E-state index in [1.807, 2.05) is 0 Å². The van der Waals surface area contributed by atoms with Crippen LogP contribution in [0.15, 0.2) is 22.6 Å². The van der Waals surface area contributed by atoms with Gasteiger partial charge < -0.3 is 9.52 Å². The van der Waals surface area contributed by atoms with Crippen molar-refractivity contribution in [1.29, 1.82) is 0 Å². The van der Waals surface area contributed by atoms with E-state index in [1.165, 1.54) is 12.1 Å². The molecule has 0 spiro atoms. The van der Waals surface area contributed by atoms with Crippen LogP contribution in [0.4, 0.5) is 4.39 Å². The molecule has 0 aliphatic heterocycles. The normalized spacial score (nSPS) is 11.6. The Balaban J connectivity index is 2.22. The van der Waals surface area contributed by atoms with Crippen molar-refractivity contribution < 1.29 is 18.7 Å². The molecule has 0 aliphatic rings. The maximum absolute atomic E-state index is 13.9. The second-order valence-electron chi connectivity index (χ2n) is 5.51. The zero-order valence-electron chi connectivity index (χ0n) is 11.6. The number of rotatable bonds is 5. The molecule has 1 aromatic heterocycles. The lowest BCUT2D eigenvalue weighted by molar-refractivity contribution is -0.139. The summed E-state index contributed by atoms with van der Waals surface area (Å²) in [6.07, 6.45) is 0.255. The molecule has 0 atom stereocenters. The fourth-order valence-corrected chi connectivity index (χ4v) is 2.16. The fraction of sp³-hybridized carbons (Fsp3) is 0.357. The Hall–Kier alpha value is -1.95. The van der Waals surface area contributed by atoms with Gasteiger partial charge >= 0.3 is 5.97 Å². The maximum Gasteiger partial charge on any atom is 0.303 e.